The summed E-state index contributed by atoms with van der Waals surface area (Å²) in [4.78, 5) is 13.9. The van der Waals surface area contributed by atoms with Gasteiger partial charge in [-0.25, -0.2) is 4.79 Å². The van der Waals surface area contributed by atoms with Crippen molar-refractivity contribution in [3.63, 3.8) is 0 Å². The van der Waals surface area contributed by atoms with Crippen LogP contribution in [0.4, 0.5) is 0 Å². The van der Waals surface area contributed by atoms with Gasteiger partial charge in [-0.3, -0.25) is 4.57 Å². The van der Waals surface area contributed by atoms with Crippen LogP contribution < -0.4 is 5.69 Å². The Balaban J connectivity index is 1.97. The molecule has 72 valence electrons. The number of thioether (sulfide) groups is 1. The number of hydrogen-bond acceptors (Lipinski definition) is 2. The summed E-state index contributed by atoms with van der Waals surface area (Å²) in [5, 5.41) is 0. The van der Waals surface area contributed by atoms with Gasteiger partial charge in [-0.05, 0) is 30.3 Å². The monoisotopic (exact) mass is 198 g/mol. The summed E-state index contributed by atoms with van der Waals surface area (Å²) in [6.45, 7) is 0.892. The molecule has 0 aromatic carbocycles. The van der Waals surface area contributed by atoms with Gasteiger partial charge >= 0.3 is 5.69 Å². The van der Waals surface area contributed by atoms with Gasteiger partial charge in [0.25, 0.3) is 0 Å². The highest BCUT2D eigenvalue weighted by Crippen LogP contribution is 2.23. The second-order valence-corrected chi connectivity index (χ2v) is 4.70. The molecule has 4 heteroatoms. The highest BCUT2D eigenvalue weighted by Gasteiger charge is 2.14. The van der Waals surface area contributed by atoms with Gasteiger partial charge in [0.15, 0.2) is 0 Å². The Morgan fingerprint density at radius 2 is 2.31 bits per heavy atom. The second kappa shape index (κ2) is 4.05. The molecule has 1 aliphatic rings. The van der Waals surface area contributed by atoms with E-state index in [4.69, 9.17) is 0 Å². The third-order valence-electron chi connectivity index (χ3n) is 2.52. The van der Waals surface area contributed by atoms with Crippen molar-refractivity contribution in [3.05, 3.63) is 22.9 Å². The zero-order valence-corrected chi connectivity index (χ0v) is 8.35. The van der Waals surface area contributed by atoms with Crippen molar-refractivity contribution in [1.82, 2.24) is 9.55 Å². The normalized spacial score (nSPS) is 19.1. The van der Waals surface area contributed by atoms with Crippen LogP contribution >= 0.6 is 11.8 Å². The topological polar surface area (TPSA) is 37.8 Å². The maximum atomic E-state index is 11.2. The number of hydrogen-bond donors (Lipinski definition) is 1. The molecular formula is C9H14N2OS. The first-order valence-electron chi connectivity index (χ1n) is 4.68. The summed E-state index contributed by atoms with van der Waals surface area (Å²) in [6, 6.07) is 0. The second-order valence-electron chi connectivity index (χ2n) is 3.47. The smallest absolute Gasteiger partial charge is 0.313 e. The Labute approximate surface area is 81.5 Å². The van der Waals surface area contributed by atoms with Crippen LogP contribution in [0.1, 0.15) is 12.8 Å². The molecule has 0 amide bonds. The van der Waals surface area contributed by atoms with Gasteiger partial charge in [0.2, 0.25) is 0 Å². The van der Waals surface area contributed by atoms with Gasteiger partial charge in [-0.15, -0.1) is 0 Å². The first-order chi connectivity index (χ1) is 6.36. The number of nitrogens with one attached hydrogen (secondary N) is 1. The largest absolute Gasteiger partial charge is 0.325 e. The third kappa shape index (κ3) is 2.18. The lowest BCUT2D eigenvalue weighted by molar-refractivity contribution is 0.411. The molecule has 1 N–H and O–H groups in total. The lowest BCUT2D eigenvalue weighted by Gasteiger charge is -2.20. The molecule has 3 nitrogen and oxygen atoms in total. The lowest BCUT2D eigenvalue weighted by Crippen LogP contribution is -2.23. The van der Waals surface area contributed by atoms with Crippen molar-refractivity contribution in [2.24, 2.45) is 5.92 Å². The van der Waals surface area contributed by atoms with Crippen molar-refractivity contribution in [2.75, 3.05) is 11.5 Å². The van der Waals surface area contributed by atoms with Gasteiger partial charge in [0.1, 0.15) is 0 Å². The molecule has 1 aromatic heterocycles. The molecule has 13 heavy (non-hydrogen) atoms. The molecule has 1 fully saturated rings. The van der Waals surface area contributed by atoms with Crippen LogP contribution in [0.2, 0.25) is 0 Å². The van der Waals surface area contributed by atoms with Crippen molar-refractivity contribution in [2.45, 2.75) is 19.4 Å². The zero-order valence-electron chi connectivity index (χ0n) is 7.53. The van der Waals surface area contributed by atoms with Crippen molar-refractivity contribution in [3.8, 4) is 0 Å². The highest BCUT2D eigenvalue weighted by atomic mass is 32.2. The average Bonchev–Trinajstić information content (AvgIpc) is 2.54. The predicted octanol–water partition coefficient (Wildman–Crippen LogP) is 1.32. The molecule has 1 aliphatic heterocycles. The lowest BCUT2D eigenvalue weighted by atomic mass is 10.0. The maximum Gasteiger partial charge on any atom is 0.325 e. The quantitative estimate of drug-likeness (QED) is 0.778. The van der Waals surface area contributed by atoms with E-state index in [9.17, 15) is 4.79 Å². The fourth-order valence-electron chi connectivity index (χ4n) is 1.70. The maximum absolute atomic E-state index is 11.2. The first-order valence-corrected chi connectivity index (χ1v) is 5.83. The number of H-pyrrole nitrogens is 1. The number of rotatable bonds is 2. The number of imidazole rings is 1. The van der Waals surface area contributed by atoms with E-state index in [1.807, 2.05) is 18.0 Å². The number of nitrogens with zero attached hydrogens (tertiary/aromatic N) is 1. The van der Waals surface area contributed by atoms with Crippen LogP contribution in [-0.2, 0) is 6.54 Å². The van der Waals surface area contributed by atoms with Gasteiger partial charge in [-0.2, -0.15) is 11.8 Å². The Hall–Kier alpha value is -0.640. The molecule has 0 spiro atoms. The van der Waals surface area contributed by atoms with E-state index >= 15 is 0 Å². The summed E-state index contributed by atoms with van der Waals surface area (Å²) in [6.07, 6.45) is 6.05. The van der Waals surface area contributed by atoms with E-state index in [0.29, 0.717) is 5.92 Å². The Bertz CT molecular complexity index is 311. The van der Waals surface area contributed by atoms with E-state index in [2.05, 4.69) is 4.98 Å². The van der Waals surface area contributed by atoms with Crippen LogP contribution in [0.5, 0.6) is 0 Å². The molecule has 0 atom stereocenters. The zero-order chi connectivity index (χ0) is 9.10. The molecule has 0 saturated carbocycles. The number of aromatic nitrogens is 2. The average molecular weight is 198 g/mol. The van der Waals surface area contributed by atoms with Gasteiger partial charge in [-0.1, -0.05) is 0 Å². The van der Waals surface area contributed by atoms with Crippen LogP contribution in [-0.4, -0.2) is 21.1 Å². The summed E-state index contributed by atoms with van der Waals surface area (Å²) in [5.74, 6) is 3.21. The van der Waals surface area contributed by atoms with E-state index in [1.165, 1.54) is 24.3 Å². The van der Waals surface area contributed by atoms with Crippen LogP contribution in [0.15, 0.2) is 17.2 Å². The molecule has 1 aromatic rings. The molecule has 1 saturated heterocycles. The van der Waals surface area contributed by atoms with Crippen molar-refractivity contribution >= 4 is 11.8 Å². The van der Waals surface area contributed by atoms with Gasteiger partial charge in [0.05, 0.1) is 0 Å². The SMILES string of the molecule is O=c1[nH]ccn1CC1CCSCC1. The Morgan fingerprint density at radius 1 is 1.54 bits per heavy atom. The highest BCUT2D eigenvalue weighted by molar-refractivity contribution is 7.99. The summed E-state index contributed by atoms with van der Waals surface area (Å²) >= 11 is 2.02. The summed E-state index contributed by atoms with van der Waals surface area (Å²) < 4.78 is 1.78. The molecule has 0 bridgehead atoms. The number of aromatic amines is 1. The minimum absolute atomic E-state index is 0.0261. The van der Waals surface area contributed by atoms with E-state index in [-0.39, 0.29) is 5.69 Å². The Kier molecular flexibility index (Phi) is 2.78. The third-order valence-corrected chi connectivity index (χ3v) is 3.57. The van der Waals surface area contributed by atoms with Crippen LogP contribution in [0, 0.1) is 5.92 Å². The van der Waals surface area contributed by atoms with Crippen molar-refractivity contribution in [1.29, 1.82) is 0 Å². The molecule has 0 unspecified atom stereocenters. The summed E-state index contributed by atoms with van der Waals surface area (Å²) in [5.41, 5.74) is 0.0261. The van der Waals surface area contributed by atoms with Gasteiger partial charge in [0, 0.05) is 18.9 Å². The minimum Gasteiger partial charge on any atom is -0.313 e. The molecule has 0 aliphatic carbocycles. The first kappa shape index (κ1) is 8.94. The van der Waals surface area contributed by atoms with Crippen LogP contribution in [0.3, 0.4) is 0 Å². The fourth-order valence-corrected chi connectivity index (χ4v) is 2.90. The van der Waals surface area contributed by atoms with Gasteiger partial charge < -0.3 is 4.98 Å². The van der Waals surface area contributed by atoms with E-state index < -0.39 is 0 Å². The predicted molar refractivity (Wildman–Crippen MR) is 55.1 cm³/mol. The standard InChI is InChI=1S/C9H14N2OS/c12-9-10-3-4-11(9)7-8-1-5-13-6-2-8/h3-4,8H,1-2,5-7H2,(H,10,12). The Morgan fingerprint density at radius 3 is 2.92 bits per heavy atom. The van der Waals surface area contributed by atoms with E-state index in [0.717, 1.165) is 6.54 Å². The molecular weight excluding hydrogens is 184 g/mol. The fraction of sp³-hybridized carbons (Fsp3) is 0.667. The van der Waals surface area contributed by atoms with Crippen molar-refractivity contribution < 1.29 is 0 Å². The molecule has 2 heterocycles. The van der Waals surface area contributed by atoms with E-state index in [1.54, 1.807) is 10.8 Å². The molecule has 0 radical (unpaired) electrons. The summed E-state index contributed by atoms with van der Waals surface area (Å²) in [7, 11) is 0. The minimum atomic E-state index is 0.0261. The molecule has 2 rings (SSSR count). The van der Waals surface area contributed by atoms with Crippen LogP contribution in [0.25, 0.3) is 0 Å².